The summed E-state index contributed by atoms with van der Waals surface area (Å²) in [5.74, 6) is -0.0465. The Balaban J connectivity index is 2.92. The molecule has 88 valence electrons. The SMILES string of the molecule is CC(=O)c1ccc(N(C)CC(C)O)cc1Cl. The fourth-order valence-corrected chi connectivity index (χ4v) is 1.84. The number of Topliss-reactive ketones (excluding diaryl/α,β-unsaturated/α-hetero) is 1. The minimum absolute atomic E-state index is 0.0465. The van der Waals surface area contributed by atoms with Crippen molar-refractivity contribution in [1.82, 2.24) is 0 Å². The molecule has 0 fully saturated rings. The van der Waals surface area contributed by atoms with E-state index in [4.69, 9.17) is 11.6 Å². The minimum atomic E-state index is -0.406. The number of aliphatic hydroxyl groups is 1. The highest BCUT2D eigenvalue weighted by Gasteiger charge is 2.09. The number of benzene rings is 1. The Bertz CT molecular complexity index is 391. The Morgan fingerprint density at radius 1 is 1.56 bits per heavy atom. The first-order valence-corrected chi connectivity index (χ1v) is 5.49. The largest absolute Gasteiger partial charge is 0.392 e. The van der Waals surface area contributed by atoms with Gasteiger partial charge in [-0.3, -0.25) is 4.79 Å². The van der Waals surface area contributed by atoms with Gasteiger partial charge >= 0.3 is 0 Å². The van der Waals surface area contributed by atoms with Crippen LogP contribution in [-0.2, 0) is 0 Å². The Kier molecular flexibility index (Phi) is 4.33. The van der Waals surface area contributed by atoms with Gasteiger partial charge in [0.2, 0.25) is 0 Å². The molecule has 1 atom stereocenters. The maximum atomic E-state index is 11.2. The van der Waals surface area contributed by atoms with Crippen molar-refractivity contribution in [3.8, 4) is 0 Å². The third-order valence-electron chi connectivity index (χ3n) is 2.31. The second-order valence-electron chi connectivity index (χ2n) is 3.95. The lowest BCUT2D eigenvalue weighted by atomic mass is 10.1. The quantitative estimate of drug-likeness (QED) is 0.823. The van der Waals surface area contributed by atoms with Gasteiger partial charge in [0.25, 0.3) is 0 Å². The molecule has 0 radical (unpaired) electrons. The van der Waals surface area contributed by atoms with Gasteiger partial charge in [-0.25, -0.2) is 0 Å². The molecule has 1 rings (SSSR count). The van der Waals surface area contributed by atoms with Gasteiger partial charge in [0.1, 0.15) is 0 Å². The number of rotatable bonds is 4. The van der Waals surface area contributed by atoms with Crippen molar-refractivity contribution in [3.05, 3.63) is 28.8 Å². The van der Waals surface area contributed by atoms with Gasteiger partial charge in [0, 0.05) is 24.8 Å². The Morgan fingerprint density at radius 2 is 2.19 bits per heavy atom. The van der Waals surface area contributed by atoms with Gasteiger partial charge in [-0.1, -0.05) is 11.6 Å². The van der Waals surface area contributed by atoms with Crippen LogP contribution in [0, 0.1) is 0 Å². The fourth-order valence-electron chi connectivity index (χ4n) is 1.53. The van der Waals surface area contributed by atoms with Crippen molar-refractivity contribution in [1.29, 1.82) is 0 Å². The summed E-state index contributed by atoms with van der Waals surface area (Å²) in [5, 5.41) is 9.71. The highest BCUT2D eigenvalue weighted by Crippen LogP contribution is 2.23. The maximum Gasteiger partial charge on any atom is 0.161 e. The van der Waals surface area contributed by atoms with Gasteiger partial charge in [-0.2, -0.15) is 0 Å². The Labute approximate surface area is 101 Å². The number of aliphatic hydroxyl groups excluding tert-OH is 1. The van der Waals surface area contributed by atoms with Crippen LogP contribution >= 0.6 is 11.6 Å². The molecule has 0 aliphatic heterocycles. The predicted octanol–water partition coefficient (Wildman–Crippen LogP) is 2.36. The monoisotopic (exact) mass is 241 g/mol. The third-order valence-corrected chi connectivity index (χ3v) is 2.62. The molecule has 0 saturated heterocycles. The zero-order valence-electron chi connectivity index (χ0n) is 9.70. The molecule has 0 amide bonds. The normalized spacial score (nSPS) is 12.3. The summed E-state index contributed by atoms with van der Waals surface area (Å²) >= 11 is 6.00. The average molecular weight is 242 g/mol. The average Bonchev–Trinajstić information content (AvgIpc) is 2.15. The number of ketones is 1. The molecular formula is C12H16ClNO2. The third kappa shape index (κ3) is 3.22. The van der Waals surface area contributed by atoms with E-state index in [1.165, 1.54) is 6.92 Å². The number of anilines is 1. The molecule has 0 spiro atoms. The summed E-state index contributed by atoms with van der Waals surface area (Å²) in [5.41, 5.74) is 1.41. The number of likely N-dealkylation sites (N-methyl/N-ethyl adjacent to an activating group) is 1. The van der Waals surface area contributed by atoms with E-state index in [2.05, 4.69) is 0 Å². The number of hydrogen-bond acceptors (Lipinski definition) is 3. The van der Waals surface area contributed by atoms with Gasteiger partial charge < -0.3 is 10.0 Å². The Morgan fingerprint density at radius 3 is 2.62 bits per heavy atom. The molecule has 0 aliphatic carbocycles. The van der Waals surface area contributed by atoms with E-state index in [-0.39, 0.29) is 5.78 Å². The molecular weight excluding hydrogens is 226 g/mol. The molecule has 0 heterocycles. The zero-order chi connectivity index (χ0) is 12.3. The van der Waals surface area contributed by atoms with Gasteiger partial charge in [-0.15, -0.1) is 0 Å². The van der Waals surface area contributed by atoms with Crippen LogP contribution in [0.4, 0.5) is 5.69 Å². The molecule has 4 heteroatoms. The molecule has 1 N–H and O–H groups in total. The fraction of sp³-hybridized carbons (Fsp3) is 0.417. The van der Waals surface area contributed by atoms with Crippen molar-refractivity contribution < 1.29 is 9.90 Å². The minimum Gasteiger partial charge on any atom is -0.392 e. The summed E-state index contributed by atoms with van der Waals surface area (Å²) < 4.78 is 0. The van der Waals surface area contributed by atoms with Gasteiger partial charge in [-0.05, 0) is 32.0 Å². The van der Waals surface area contributed by atoms with Crippen LogP contribution in [0.2, 0.25) is 5.02 Å². The smallest absolute Gasteiger partial charge is 0.161 e. The van der Waals surface area contributed by atoms with Crippen LogP contribution in [0.25, 0.3) is 0 Å². The van der Waals surface area contributed by atoms with E-state index in [0.29, 0.717) is 17.1 Å². The Hall–Kier alpha value is -1.06. The second kappa shape index (κ2) is 5.32. The number of nitrogens with zero attached hydrogens (tertiary/aromatic N) is 1. The van der Waals surface area contributed by atoms with Crippen molar-refractivity contribution in [2.75, 3.05) is 18.5 Å². The number of carbonyl (C=O) groups excluding carboxylic acids is 1. The topological polar surface area (TPSA) is 40.5 Å². The highest BCUT2D eigenvalue weighted by atomic mass is 35.5. The van der Waals surface area contributed by atoms with E-state index in [1.54, 1.807) is 19.1 Å². The summed E-state index contributed by atoms with van der Waals surface area (Å²) in [4.78, 5) is 13.1. The van der Waals surface area contributed by atoms with Crippen molar-refractivity contribution in [2.24, 2.45) is 0 Å². The van der Waals surface area contributed by atoms with Crippen LogP contribution in [0.1, 0.15) is 24.2 Å². The zero-order valence-corrected chi connectivity index (χ0v) is 10.5. The van der Waals surface area contributed by atoms with Crippen LogP contribution in [0.15, 0.2) is 18.2 Å². The lowest BCUT2D eigenvalue weighted by molar-refractivity contribution is 0.101. The summed E-state index contributed by atoms with van der Waals surface area (Å²) in [6.07, 6.45) is -0.406. The van der Waals surface area contributed by atoms with E-state index in [0.717, 1.165) is 5.69 Å². The summed E-state index contributed by atoms with van der Waals surface area (Å²) in [6.45, 7) is 3.73. The van der Waals surface area contributed by atoms with E-state index < -0.39 is 6.10 Å². The van der Waals surface area contributed by atoms with Crippen molar-refractivity contribution in [2.45, 2.75) is 20.0 Å². The molecule has 1 aromatic carbocycles. The van der Waals surface area contributed by atoms with Crippen LogP contribution in [0.5, 0.6) is 0 Å². The predicted molar refractivity (Wildman–Crippen MR) is 66.4 cm³/mol. The number of carbonyl (C=O) groups is 1. The lowest BCUT2D eigenvalue weighted by Gasteiger charge is -2.21. The van der Waals surface area contributed by atoms with Crippen molar-refractivity contribution in [3.63, 3.8) is 0 Å². The highest BCUT2D eigenvalue weighted by molar-refractivity contribution is 6.34. The van der Waals surface area contributed by atoms with Crippen LogP contribution in [-0.4, -0.2) is 30.6 Å². The summed E-state index contributed by atoms with van der Waals surface area (Å²) in [7, 11) is 1.87. The standard InChI is InChI=1S/C12H16ClNO2/c1-8(15)7-14(3)10-4-5-11(9(2)16)12(13)6-10/h4-6,8,15H,7H2,1-3H3. The van der Waals surface area contributed by atoms with E-state index in [9.17, 15) is 9.90 Å². The second-order valence-corrected chi connectivity index (χ2v) is 4.36. The molecule has 0 bridgehead atoms. The molecule has 16 heavy (non-hydrogen) atoms. The van der Waals surface area contributed by atoms with Crippen molar-refractivity contribution >= 4 is 23.1 Å². The summed E-state index contributed by atoms with van der Waals surface area (Å²) in [6, 6.07) is 5.27. The first-order chi connectivity index (χ1) is 7.41. The first kappa shape index (κ1) is 13.0. The maximum absolute atomic E-state index is 11.2. The number of hydrogen-bond donors (Lipinski definition) is 1. The molecule has 1 unspecified atom stereocenters. The van der Waals surface area contributed by atoms with Gasteiger partial charge in [0.05, 0.1) is 11.1 Å². The number of halogens is 1. The molecule has 3 nitrogen and oxygen atoms in total. The first-order valence-electron chi connectivity index (χ1n) is 5.11. The van der Waals surface area contributed by atoms with Crippen LogP contribution < -0.4 is 4.90 Å². The van der Waals surface area contributed by atoms with Crippen LogP contribution in [0.3, 0.4) is 0 Å². The molecule has 0 saturated carbocycles. The molecule has 0 aromatic heterocycles. The molecule has 1 aromatic rings. The lowest BCUT2D eigenvalue weighted by Crippen LogP contribution is -2.26. The van der Waals surface area contributed by atoms with Gasteiger partial charge in [0.15, 0.2) is 5.78 Å². The van der Waals surface area contributed by atoms with E-state index >= 15 is 0 Å². The van der Waals surface area contributed by atoms with E-state index in [1.807, 2.05) is 18.0 Å². The molecule has 0 aliphatic rings.